The number of hydrogen-bond acceptors (Lipinski definition) is 2. The lowest BCUT2D eigenvalue weighted by atomic mass is 10.1. The van der Waals surface area contributed by atoms with E-state index in [2.05, 4.69) is 0 Å². The number of fused-ring (bicyclic) bond motifs is 1. The first-order valence-electron chi connectivity index (χ1n) is 5.22. The van der Waals surface area contributed by atoms with Gasteiger partial charge in [0, 0.05) is 0 Å². The minimum Gasteiger partial charge on any atom is -0.455 e. The summed E-state index contributed by atoms with van der Waals surface area (Å²) in [6.45, 7) is 0. The fraction of sp³-hybridized carbons (Fsp3) is 0.333. The van der Waals surface area contributed by atoms with Crippen LogP contribution in [0.3, 0.4) is 0 Å². The molecule has 3 rings (SSSR count). The van der Waals surface area contributed by atoms with Gasteiger partial charge in [0.2, 0.25) is 0 Å². The molecule has 0 amide bonds. The van der Waals surface area contributed by atoms with E-state index >= 15 is 0 Å². The molecule has 2 aromatic rings. The monoisotopic (exact) mass is 224 g/mol. The topological polar surface area (TPSA) is 33.4 Å². The molecular formula is C12H10F2O2. The van der Waals surface area contributed by atoms with Crippen LogP contribution in [0.1, 0.15) is 24.7 Å². The Balaban J connectivity index is 2.14. The highest BCUT2D eigenvalue weighted by Crippen LogP contribution is 2.42. The van der Waals surface area contributed by atoms with Gasteiger partial charge in [-0.1, -0.05) is 0 Å². The Morgan fingerprint density at radius 2 is 1.94 bits per heavy atom. The summed E-state index contributed by atoms with van der Waals surface area (Å²) >= 11 is 0. The minimum absolute atomic E-state index is 0.0923. The second-order valence-corrected chi connectivity index (χ2v) is 4.20. The van der Waals surface area contributed by atoms with E-state index in [9.17, 15) is 13.9 Å². The summed E-state index contributed by atoms with van der Waals surface area (Å²) in [4.78, 5) is 0. The summed E-state index contributed by atoms with van der Waals surface area (Å²) in [5, 5.41) is 9.90. The van der Waals surface area contributed by atoms with Crippen LogP contribution in [0.2, 0.25) is 0 Å². The maximum absolute atomic E-state index is 13.4. The third kappa shape index (κ3) is 1.41. The Hall–Kier alpha value is -1.42. The van der Waals surface area contributed by atoms with Gasteiger partial charge < -0.3 is 9.52 Å². The number of furan rings is 1. The predicted octanol–water partition coefficient (Wildman–Crippen LogP) is 3.15. The Morgan fingerprint density at radius 3 is 2.56 bits per heavy atom. The van der Waals surface area contributed by atoms with Crippen molar-refractivity contribution >= 4 is 11.0 Å². The van der Waals surface area contributed by atoms with Crippen molar-refractivity contribution in [2.75, 3.05) is 0 Å². The van der Waals surface area contributed by atoms with Crippen molar-refractivity contribution in [3.05, 3.63) is 35.6 Å². The van der Waals surface area contributed by atoms with Crippen molar-refractivity contribution in [2.24, 2.45) is 5.92 Å². The Bertz CT molecular complexity index is 504. The zero-order valence-corrected chi connectivity index (χ0v) is 8.41. The molecule has 1 N–H and O–H groups in total. The standard InChI is InChI=1S/C12H10F2O2/c13-8-3-4-9(14)12-7(8)5-10(16-12)11(15)6-1-2-6/h3-6,11,15H,1-2H2. The van der Waals surface area contributed by atoms with E-state index in [-0.39, 0.29) is 22.6 Å². The molecule has 1 atom stereocenters. The zero-order chi connectivity index (χ0) is 11.3. The maximum Gasteiger partial charge on any atom is 0.172 e. The number of halogens is 2. The van der Waals surface area contributed by atoms with E-state index in [1.807, 2.05) is 0 Å². The molecule has 2 nitrogen and oxygen atoms in total. The molecule has 0 radical (unpaired) electrons. The average molecular weight is 224 g/mol. The van der Waals surface area contributed by atoms with E-state index in [4.69, 9.17) is 4.42 Å². The molecule has 0 spiro atoms. The van der Waals surface area contributed by atoms with Crippen LogP contribution < -0.4 is 0 Å². The van der Waals surface area contributed by atoms with E-state index in [1.54, 1.807) is 0 Å². The molecule has 1 aromatic carbocycles. The van der Waals surface area contributed by atoms with Crippen molar-refractivity contribution in [1.82, 2.24) is 0 Å². The first-order valence-corrected chi connectivity index (χ1v) is 5.22. The average Bonchev–Trinajstić information content (AvgIpc) is 3.01. The lowest BCUT2D eigenvalue weighted by Gasteiger charge is -2.03. The first-order chi connectivity index (χ1) is 7.66. The molecule has 84 valence electrons. The van der Waals surface area contributed by atoms with Crippen LogP contribution in [-0.2, 0) is 0 Å². The summed E-state index contributed by atoms with van der Waals surface area (Å²) in [7, 11) is 0. The van der Waals surface area contributed by atoms with Gasteiger partial charge in [0.05, 0.1) is 5.39 Å². The molecular weight excluding hydrogens is 214 g/mol. The summed E-state index contributed by atoms with van der Waals surface area (Å²) in [6, 6.07) is 3.46. The first kappa shape index (κ1) is 9.78. The van der Waals surface area contributed by atoms with Crippen molar-refractivity contribution < 1.29 is 18.3 Å². The number of aliphatic hydroxyl groups is 1. The Morgan fingerprint density at radius 1 is 1.25 bits per heavy atom. The fourth-order valence-electron chi connectivity index (χ4n) is 1.87. The molecule has 0 aliphatic heterocycles. The summed E-state index contributed by atoms with van der Waals surface area (Å²) in [5.74, 6) is -0.715. The van der Waals surface area contributed by atoms with Gasteiger partial charge in [0.15, 0.2) is 11.4 Å². The van der Waals surface area contributed by atoms with Gasteiger partial charge in [-0.2, -0.15) is 0 Å². The number of rotatable bonds is 2. The van der Waals surface area contributed by atoms with Crippen LogP contribution in [0.5, 0.6) is 0 Å². The third-order valence-electron chi connectivity index (χ3n) is 2.96. The molecule has 1 unspecified atom stereocenters. The van der Waals surface area contributed by atoms with E-state index in [0.29, 0.717) is 0 Å². The summed E-state index contributed by atoms with van der Waals surface area (Å²) in [5.41, 5.74) is -0.116. The molecule has 0 saturated heterocycles. The molecule has 1 aromatic heterocycles. The quantitative estimate of drug-likeness (QED) is 0.850. The second-order valence-electron chi connectivity index (χ2n) is 4.20. The summed E-state index contributed by atoms with van der Waals surface area (Å²) in [6.07, 6.45) is 1.12. The van der Waals surface area contributed by atoms with Gasteiger partial charge in [-0.3, -0.25) is 0 Å². The molecule has 1 fully saturated rings. The summed E-state index contributed by atoms with van der Waals surface area (Å²) < 4.78 is 31.8. The van der Waals surface area contributed by atoms with Gasteiger partial charge in [-0.15, -0.1) is 0 Å². The largest absolute Gasteiger partial charge is 0.455 e. The Labute approximate surface area is 90.5 Å². The zero-order valence-electron chi connectivity index (χ0n) is 8.41. The van der Waals surface area contributed by atoms with Crippen molar-refractivity contribution in [3.8, 4) is 0 Å². The number of benzene rings is 1. The normalized spacial score (nSPS) is 17.9. The van der Waals surface area contributed by atoms with E-state index < -0.39 is 17.7 Å². The highest BCUT2D eigenvalue weighted by Gasteiger charge is 2.33. The van der Waals surface area contributed by atoms with Gasteiger partial charge in [0.1, 0.15) is 17.7 Å². The molecule has 0 bridgehead atoms. The lowest BCUT2D eigenvalue weighted by Crippen LogP contribution is -1.96. The Kier molecular flexibility index (Phi) is 2.01. The number of hydrogen-bond donors (Lipinski definition) is 1. The minimum atomic E-state index is -0.744. The fourth-order valence-corrected chi connectivity index (χ4v) is 1.87. The smallest absolute Gasteiger partial charge is 0.172 e. The molecule has 1 aliphatic carbocycles. The van der Waals surface area contributed by atoms with Crippen molar-refractivity contribution in [1.29, 1.82) is 0 Å². The second kappa shape index (κ2) is 3.28. The molecule has 4 heteroatoms. The molecule has 16 heavy (non-hydrogen) atoms. The SMILES string of the molecule is OC(c1cc2c(F)ccc(F)c2o1)C1CC1. The molecule has 1 aliphatic rings. The van der Waals surface area contributed by atoms with Crippen LogP contribution >= 0.6 is 0 Å². The van der Waals surface area contributed by atoms with Crippen molar-refractivity contribution in [3.63, 3.8) is 0 Å². The highest BCUT2D eigenvalue weighted by molar-refractivity contribution is 5.79. The molecule has 1 saturated carbocycles. The highest BCUT2D eigenvalue weighted by atomic mass is 19.1. The van der Waals surface area contributed by atoms with Crippen LogP contribution in [0.25, 0.3) is 11.0 Å². The predicted molar refractivity (Wildman–Crippen MR) is 53.8 cm³/mol. The van der Waals surface area contributed by atoms with Crippen LogP contribution in [-0.4, -0.2) is 5.11 Å². The van der Waals surface area contributed by atoms with Crippen molar-refractivity contribution in [2.45, 2.75) is 18.9 Å². The maximum atomic E-state index is 13.4. The van der Waals surface area contributed by atoms with E-state index in [0.717, 1.165) is 25.0 Å². The van der Waals surface area contributed by atoms with E-state index in [1.165, 1.54) is 6.07 Å². The van der Waals surface area contributed by atoms with Crippen LogP contribution in [0.4, 0.5) is 8.78 Å². The van der Waals surface area contributed by atoms with Gasteiger partial charge >= 0.3 is 0 Å². The third-order valence-corrected chi connectivity index (χ3v) is 2.96. The van der Waals surface area contributed by atoms with Crippen LogP contribution in [0.15, 0.2) is 22.6 Å². The van der Waals surface area contributed by atoms with Gasteiger partial charge in [-0.05, 0) is 37.0 Å². The van der Waals surface area contributed by atoms with Gasteiger partial charge in [-0.25, -0.2) is 8.78 Å². The van der Waals surface area contributed by atoms with Crippen LogP contribution in [0, 0.1) is 17.6 Å². The number of aliphatic hydroxyl groups excluding tert-OH is 1. The lowest BCUT2D eigenvalue weighted by molar-refractivity contribution is 0.129. The van der Waals surface area contributed by atoms with Gasteiger partial charge in [0.25, 0.3) is 0 Å². The molecule has 1 heterocycles.